The number of anilines is 8. The van der Waals surface area contributed by atoms with Crippen molar-refractivity contribution in [2.75, 3.05) is 14.7 Å². The lowest BCUT2D eigenvalue weighted by Crippen LogP contribution is -2.23. The molecule has 474 valence electrons. The van der Waals surface area contributed by atoms with Crippen molar-refractivity contribution < 1.29 is 9.47 Å². The SMILES string of the molecule is CC(C)(C)C1=CC=C(N2c3ccc(-c4ccc(N(c5ccc(-c6cc(Br)cc(Br)c6)cc5)c5ccc(-c6ccc7c(c6)Oc6cc(-c8ccc(C(C)(C)C)cc8)ccc6N7c6ccc(C(C)(C)C)cc6)cc5)cc4)cc3Oc3cc(-c4ccc(C(C)(C)C)cc4)ccc32)CC1. The Morgan fingerprint density at radius 2 is 0.600 bits per heavy atom. The highest BCUT2D eigenvalue weighted by Gasteiger charge is 2.32. The lowest BCUT2D eigenvalue weighted by Gasteiger charge is -2.37. The summed E-state index contributed by atoms with van der Waals surface area (Å²) in [6.45, 7) is 27.3. The molecule has 0 unspecified atom stereocenters. The van der Waals surface area contributed by atoms with Crippen LogP contribution >= 0.6 is 31.9 Å². The summed E-state index contributed by atoms with van der Waals surface area (Å²) >= 11 is 7.45. The summed E-state index contributed by atoms with van der Waals surface area (Å²) < 4.78 is 16.1. The summed E-state index contributed by atoms with van der Waals surface area (Å²) in [6.07, 6.45) is 6.62. The van der Waals surface area contributed by atoms with Gasteiger partial charge in [0, 0.05) is 37.4 Å². The van der Waals surface area contributed by atoms with Crippen LogP contribution in [0, 0.1) is 5.41 Å². The van der Waals surface area contributed by atoms with E-state index in [0.717, 1.165) is 140 Å². The fraction of sp³-hybridized carbons (Fsp3) is 0.205. The van der Waals surface area contributed by atoms with Crippen LogP contribution in [0.1, 0.15) is 113 Å². The minimum atomic E-state index is 0.0265. The molecule has 7 heteroatoms. The third-order valence-electron chi connectivity index (χ3n) is 19.0. The van der Waals surface area contributed by atoms with Gasteiger partial charge in [-0.1, -0.05) is 248 Å². The Balaban J connectivity index is 0.802. The van der Waals surface area contributed by atoms with Gasteiger partial charge in [-0.2, -0.15) is 0 Å². The molecule has 0 amide bonds. The molecule has 0 aromatic heterocycles. The Kier molecular flexibility index (Phi) is 16.4. The third kappa shape index (κ3) is 12.9. The second kappa shape index (κ2) is 24.6. The van der Waals surface area contributed by atoms with Crippen LogP contribution in [0.3, 0.4) is 0 Å². The molecule has 0 N–H and O–H groups in total. The van der Waals surface area contributed by atoms with E-state index in [9.17, 15) is 0 Å². The molecule has 14 rings (SSSR count). The van der Waals surface area contributed by atoms with Gasteiger partial charge in [-0.05, 0) is 228 Å². The first kappa shape index (κ1) is 63.3. The topological polar surface area (TPSA) is 28.2 Å². The van der Waals surface area contributed by atoms with Crippen molar-refractivity contribution in [2.45, 2.75) is 112 Å². The summed E-state index contributed by atoms with van der Waals surface area (Å²) in [7, 11) is 0. The van der Waals surface area contributed by atoms with Crippen molar-refractivity contribution in [1.82, 2.24) is 0 Å². The second-order valence-corrected chi connectivity index (χ2v) is 31.6. The average Bonchev–Trinajstić information content (AvgIpc) is 0.754. The molecule has 0 saturated carbocycles. The average molecular weight is 1370 g/mol. The summed E-state index contributed by atoms with van der Waals surface area (Å²) in [4.78, 5) is 7.11. The number of fused-ring (bicyclic) bond motifs is 4. The minimum Gasteiger partial charge on any atom is -0.453 e. The van der Waals surface area contributed by atoms with Crippen LogP contribution in [-0.4, -0.2) is 0 Å². The van der Waals surface area contributed by atoms with Crippen LogP contribution < -0.4 is 24.2 Å². The quantitative estimate of drug-likeness (QED) is 0.136. The zero-order chi connectivity index (χ0) is 66.3. The highest BCUT2D eigenvalue weighted by molar-refractivity contribution is 9.11. The van der Waals surface area contributed by atoms with Crippen LogP contribution in [0.15, 0.2) is 269 Å². The van der Waals surface area contributed by atoms with Gasteiger partial charge < -0.3 is 24.2 Å². The number of nitrogens with zero attached hydrogens (tertiary/aromatic N) is 3. The third-order valence-corrected chi connectivity index (χ3v) is 19.9. The van der Waals surface area contributed by atoms with Crippen molar-refractivity contribution in [3.8, 4) is 78.6 Å². The van der Waals surface area contributed by atoms with Crippen LogP contribution in [0.25, 0.3) is 55.6 Å². The maximum absolute atomic E-state index is 7.05. The maximum Gasteiger partial charge on any atom is 0.152 e. The zero-order valence-electron chi connectivity index (χ0n) is 56.5. The molecule has 0 bridgehead atoms. The number of ether oxygens (including phenoxy) is 2. The molecule has 11 aromatic rings. The van der Waals surface area contributed by atoms with Crippen molar-refractivity contribution in [3.63, 3.8) is 0 Å². The molecule has 0 fully saturated rings. The molecule has 1 aliphatic carbocycles. The number of benzene rings is 11. The van der Waals surface area contributed by atoms with E-state index in [1.165, 1.54) is 33.5 Å². The number of hydrogen-bond donors (Lipinski definition) is 0. The number of rotatable bonds is 10. The molecule has 0 atom stereocenters. The Labute approximate surface area is 579 Å². The largest absolute Gasteiger partial charge is 0.453 e. The molecule has 95 heavy (non-hydrogen) atoms. The van der Waals surface area contributed by atoms with Crippen LogP contribution in [0.5, 0.6) is 23.0 Å². The van der Waals surface area contributed by atoms with E-state index in [2.05, 4.69) is 378 Å². The predicted molar refractivity (Wildman–Crippen MR) is 408 cm³/mol. The van der Waals surface area contributed by atoms with Crippen LogP contribution in [0.2, 0.25) is 0 Å². The lowest BCUT2D eigenvalue weighted by atomic mass is 9.81. The summed E-state index contributed by atoms with van der Waals surface area (Å²) in [5.41, 5.74) is 26.3. The Morgan fingerprint density at radius 3 is 0.916 bits per heavy atom. The summed E-state index contributed by atoms with van der Waals surface area (Å²) in [6, 6.07) is 86.7. The van der Waals surface area contributed by atoms with Crippen LogP contribution in [0.4, 0.5) is 45.5 Å². The first-order chi connectivity index (χ1) is 45.4. The van der Waals surface area contributed by atoms with Gasteiger partial charge in [-0.15, -0.1) is 0 Å². The highest BCUT2D eigenvalue weighted by Crippen LogP contribution is 2.55. The first-order valence-corrected chi connectivity index (χ1v) is 34.8. The monoisotopic (exact) mass is 1370 g/mol. The molecular formula is C88H81Br2N3O2. The van der Waals surface area contributed by atoms with Crippen molar-refractivity contribution >= 4 is 77.4 Å². The Morgan fingerprint density at radius 1 is 0.295 bits per heavy atom. The lowest BCUT2D eigenvalue weighted by molar-refractivity contribution is 0.470. The summed E-state index contributed by atoms with van der Waals surface area (Å²) in [5, 5.41) is 0. The number of halogens is 2. The zero-order valence-corrected chi connectivity index (χ0v) is 59.7. The highest BCUT2D eigenvalue weighted by atomic mass is 79.9. The van der Waals surface area contributed by atoms with E-state index >= 15 is 0 Å². The fourth-order valence-electron chi connectivity index (χ4n) is 13.4. The molecule has 2 aliphatic heterocycles. The van der Waals surface area contributed by atoms with Gasteiger partial charge in [-0.3, -0.25) is 0 Å². The molecule has 2 heterocycles. The van der Waals surface area contributed by atoms with Gasteiger partial charge in [0.1, 0.15) is 0 Å². The first-order valence-electron chi connectivity index (χ1n) is 33.2. The maximum atomic E-state index is 7.05. The normalized spacial score (nSPS) is 13.7. The van der Waals surface area contributed by atoms with E-state index in [1.807, 2.05) is 0 Å². The standard InChI is InChI=1S/C88H81Br2N3O2/c1-85(2,3)66-27-13-56(14-28-66)61-23-45-77-81(51-61)94-83-53-63(25-47-79(83)92(77)75-41-31-68(32-42-75)87(7,8)9)58-17-35-72(36-18-58)91(74-39-21-60(22-40-74)65-49-70(89)55-71(90)50-65)73-37-19-59(20-38-73)64-26-48-80-84(54-64)95-82-52-62(57-15-29-67(30-16-57)86(4,5)6)24-46-78(82)93(80)76-43-33-69(34-44-76)88(10,11)12/h13-33,35-43,45-55H,34,44H2,1-12H3. The Bertz CT molecular complexity index is 4760. The van der Waals surface area contributed by atoms with Crippen molar-refractivity contribution in [2.24, 2.45) is 5.41 Å². The van der Waals surface area contributed by atoms with Gasteiger partial charge in [-0.25, -0.2) is 0 Å². The Hall–Kier alpha value is -9.14. The van der Waals surface area contributed by atoms with Gasteiger partial charge in [0.05, 0.1) is 22.7 Å². The minimum absolute atomic E-state index is 0.0265. The smallest absolute Gasteiger partial charge is 0.152 e. The van der Waals surface area contributed by atoms with E-state index < -0.39 is 0 Å². The van der Waals surface area contributed by atoms with Gasteiger partial charge in [0.25, 0.3) is 0 Å². The second-order valence-electron chi connectivity index (χ2n) is 29.8. The molecule has 5 nitrogen and oxygen atoms in total. The molecule has 0 spiro atoms. The van der Waals surface area contributed by atoms with Crippen molar-refractivity contribution in [1.29, 1.82) is 0 Å². The van der Waals surface area contributed by atoms with E-state index in [4.69, 9.17) is 9.47 Å². The van der Waals surface area contributed by atoms with Gasteiger partial charge in [0.15, 0.2) is 23.0 Å². The molecule has 3 aliphatic rings. The van der Waals surface area contributed by atoms with E-state index in [1.54, 1.807) is 0 Å². The number of hydrogen-bond acceptors (Lipinski definition) is 5. The molecule has 0 saturated heterocycles. The van der Waals surface area contributed by atoms with Crippen LogP contribution in [-0.2, 0) is 16.2 Å². The van der Waals surface area contributed by atoms with E-state index in [0.29, 0.717) is 0 Å². The fourth-order valence-corrected chi connectivity index (χ4v) is 14.7. The molecular weight excluding hydrogens is 1290 g/mol. The number of allylic oxidation sites excluding steroid dienone is 4. The van der Waals surface area contributed by atoms with Crippen molar-refractivity contribution in [3.05, 3.63) is 286 Å². The summed E-state index contributed by atoms with van der Waals surface area (Å²) in [5.74, 6) is 3.28. The molecule has 0 radical (unpaired) electrons. The van der Waals surface area contributed by atoms with E-state index in [-0.39, 0.29) is 21.7 Å². The molecule has 11 aromatic carbocycles. The van der Waals surface area contributed by atoms with Gasteiger partial charge >= 0.3 is 0 Å². The van der Waals surface area contributed by atoms with Gasteiger partial charge in [0.2, 0.25) is 0 Å². The predicted octanol–water partition coefficient (Wildman–Crippen LogP) is 27.4.